The van der Waals surface area contributed by atoms with Gasteiger partial charge >= 0.3 is 13.1 Å². The minimum absolute atomic E-state index is 0.114. The maximum Gasteiger partial charge on any atom is 0.457 e. The molecule has 1 saturated carbocycles. The molecule has 2 bridgehead atoms. The first-order valence-electron chi connectivity index (χ1n) is 16.7. The Bertz CT molecular complexity index is 990. The zero-order chi connectivity index (χ0) is 30.7. The van der Waals surface area contributed by atoms with Gasteiger partial charge in [0.25, 0.3) is 0 Å². The molecule has 2 aliphatic rings. The fourth-order valence-electron chi connectivity index (χ4n) is 6.10. The number of nitrogens with one attached hydrogen (secondary N) is 1. The van der Waals surface area contributed by atoms with Crippen molar-refractivity contribution in [3.8, 4) is 0 Å². The zero-order valence-electron chi connectivity index (χ0n) is 26.4. The van der Waals surface area contributed by atoms with Crippen LogP contribution in [-0.2, 0) is 30.1 Å². The molecule has 238 valence electrons. The number of esters is 1. The summed E-state index contributed by atoms with van der Waals surface area (Å²) in [6, 6.07) is 10.4. The molecule has 1 saturated heterocycles. The first kappa shape index (κ1) is 35.6. The molecule has 1 aliphatic carbocycles. The van der Waals surface area contributed by atoms with Gasteiger partial charge in [-0.2, -0.15) is 0 Å². The molecule has 1 aromatic carbocycles. The molecule has 1 aromatic rings. The summed E-state index contributed by atoms with van der Waals surface area (Å²) in [5, 5.41) is 3.83. The van der Waals surface area contributed by atoms with Gasteiger partial charge in [-0.15, -0.1) is 0 Å². The number of alkyl halides is 1. The highest BCUT2D eigenvalue weighted by Crippen LogP contribution is 2.44. The number of halogens is 1. The van der Waals surface area contributed by atoms with E-state index in [1.165, 1.54) is 5.56 Å². The number of unbranched alkanes of at least 4 members (excludes halogenated alkanes) is 4. The molecule has 1 N–H and O–H groups in total. The van der Waals surface area contributed by atoms with Crippen LogP contribution in [0.1, 0.15) is 96.5 Å². The lowest BCUT2D eigenvalue weighted by Gasteiger charge is -2.27. The highest BCUT2D eigenvalue weighted by atomic mass is 79.9. The zero-order valence-corrected chi connectivity index (χ0v) is 28.0. The standard InChI is InChI=1S/C35H53BBrNO5/c1-3-5-25-36-42-32-27-33(43-36)31(30(32)18-12-6-7-13-19-34(39)38-4-2)24-23-29(22-21-28-16-10-8-11-17-28)41-35(40)20-14-9-15-26-37/h6,8,10-12,16-17,23-24,29-33H,3-5,7,9,13-15,18-22,25-27H2,1-2H3,(H,38,39)/b12-6-,24-23+/t29-,30-,31+,32-,33+/m0/s1. The van der Waals surface area contributed by atoms with E-state index in [0.717, 1.165) is 82.3 Å². The summed E-state index contributed by atoms with van der Waals surface area (Å²) in [7, 11) is -0.142. The van der Waals surface area contributed by atoms with Crippen LogP contribution in [0.15, 0.2) is 54.6 Å². The lowest BCUT2D eigenvalue weighted by atomic mass is 9.80. The molecule has 3 rings (SSSR count). The van der Waals surface area contributed by atoms with E-state index in [-0.39, 0.29) is 43.2 Å². The summed E-state index contributed by atoms with van der Waals surface area (Å²) in [4.78, 5) is 24.5. The molecule has 8 heteroatoms. The molecule has 0 radical (unpaired) electrons. The van der Waals surface area contributed by atoms with Crippen LogP contribution >= 0.6 is 15.9 Å². The first-order valence-corrected chi connectivity index (χ1v) is 17.9. The average molecular weight is 659 g/mol. The number of rotatable bonds is 21. The largest absolute Gasteiger partial charge is 0.458 e. The molecule has 0 spiro atoms. The quantitative estimate of drug-likeness (QED) is 0.0477. The number of carbonyl (C=O) groups is 2. The Kier molecular flexibility index (Phi) is 17.3. The summed E-state index contributed by atoms with van der Waals surface area (Å²) >= 11 is 3.47. The number of aryl methyl sites for hydroxylation is 1. The molecular formula is C35H53BBrNO5. The molecule has 1 amide bonds. The molecule has 6 nitrogen and oxygen atoms in total. The van der Waals surface area contributed by atoms with E-state index in [1.54, 1.807) is 0 Å². The van der Waals surface area contributed by atoms with Crippen LogP contribution in [0.2, 0.25) is 6.32 Å². The van der Waals surface area contributed by atoms with Gasteiger partial charge in [0.15, 0.2) is 0 Å². The molecule has 1 aliphatic heterocycles. The number of hydrogen-bond acceptors (Lipinski definition) is 5. The van der Waals surface area contributed by atoms with E-state index in [0.29, 0.717) is 25.3 Å². The van der Waals surface area contributed by atoms with E-state index in [1.807, 2.05) is 13.0 Å². The van der Waals surface area contributed by atoms with Crippen molar-refractivity contribution in [3.63, 3.8) is 0 Å². The van der Waals surface area contributed by atoms with Gasteiger partial charge in [0.1, 0.15) is 6.10 Å². The monoisotopic (exact) mass is 657 g/mol. The SMILES string of the molecule is CCCCB1O[C@H]2C[C@@H](O1)[C@H](/C=C/[C@H](CCc1ccccc1)OC(=O)CCCCCBr)[C@@H]2C/C=C\CCCC(=O)NCC. The smallest absolute Gasteiger partial charge is 0.457 e. The number of benzene rings is 1. The molecule has 0 unspecified atom stereocenters. The van der Waals surface area contributed by atoms with E-state index in [2.05, 4.69) is 76.7 Å². The summed E-state index contributed by atoms with van der Waals surface area (Å²) in [6.07, 6.45) is 21.1. The molecular weight excluding hydrogens is 605 g/mol. The third-order valence-electron chi connectivity index (χ3n) is 8.44. The highest BCUT2D eigenvalue weighted by molar-refractivity contribution is 9.09. The summed E-state index contributed by atoms with van der Waals surface area (Å²) in [5.74, 6) is 0.514. The second kappa shape index (κ2) is 21.0. The number of ether oxygens (including phenoxy) is 1. The number of fused-ring (bicyclic) bond motifs is 2. The maximum absolute atomic E-state index is 12.8. The lowest BCUT2D eigenvalue weighted by molar-refractivity contribution is -0.147. The fraction of sp³-hybridized carbons (Fsp3) is 0.657. The van der Waals surface area contributed by atoms with Crippen molar-refractivity contribution in [3.05, 3.63) is 60.2 Å². The number of hydrogen-bond donors (Lipinski definition) is 1. The average Bonchev–Trinajstić information content (AvgIpc) is 3.25. The Morgan fingerprint density at radius 3 is 2.63 bits per heavy atom. The second-order valence-corrected chi connectivity index (χ2v) is 12.7. The van der Waals surface area contributed by atoms with Crippen molar-refractivity contribution in [2.75, 3.05) is 11.9 Å². The Morgan fingerprint density at radius 2 is 1.86 bits per heavy atom. The van der Waals surface area contributed by atoms with Gasteiger partial charge in [-0.1, -0.05) is 90.7 Å². The fourth-order valence-corrected chi connectivity index (χ4v) is 6.49. The normalized spacial score (nSPS) is 22.3. The van der Waals surface area contributed by atoms with E-state index in [9.17, 15) is 9.59 Å². The van der Waals surface area contributed by atoms with Gasteiger partial charge in [-0.05, 0) is 82.2 Å². The van der Waals surface area contributed by atoms with Crippen LogP contribution < -0.4 is 5.32 Å². The Morgan fingerprint density at radius 1 is 1.05 bits per heavy atom. The van der Waals surface area contributed by atoms with Crippen molar-refractivity contribution < 1.29 is 23.6 Å². The van der Waals surface area contributed by atoms with Gasteiger partial charge in [0.2, 0.25) is 5.91 Å². The van der Waals surface area contributed by atoms with Gasteiger partial charge in [-0.25, -0.2) is 0 Å². The predicted molar refractivity (Wildman–Crippen MR) is 179 cm³/mol. The van der Waals surface area contributed by atoms with Crippen molar-refractivity contribution in [2.24, 2.45) is 11.8 Å². The third-order valence-corrected chi connectivity index (χ3v) is 9.00. The molecule has 0 aromatic heterocycles. The van der Waals surface area contributed by atoms with E-state index >= 15 is 0 Å². The van der Waals surface area contributed by atoms with Gasteiger partial charge < -0.3 is 19.4 Å². The second-order valence-electron chi connectivity index (χ2n) is 11.9. The predicted octanol–water partition coefficient (Wildman–Crippen LogP) is 8.00. The lowest BCUT2D eigenvalue weighted by Crippen LogP contribution is -2.37. The Labute approximate surface area is 269 Å². The van der Waals surface area contributed by atoms with Crippen molar-refractivity contribution in [2.45, 2.75) is 122 Å². The van der Waals surface area contributed by atoms with Crippen LogP contribution in [0, 0.1) is 11.8 Å². The van der Waals surface area contributed by atoms with Crippen LogP contribution in [0.25, 0.3) is 0 Å². The first-order chi connectivity index (χ1) is 21.0. The number of allylic oxidation sites excluding steroid dienone is 2. The van der Waals surface area contributed by atoms with Gasteiger partial charge in [-0.3, -0.25) is 9.59 Å². The molecule has 43 heavy (non-hydrogen) atoms. The third kappa shape index (κ3) is 13.3. The molecule has 5 atom stereocenters. The summed E-state index contributed by atoms with van der Waals surface area (Å²) in [6.45, 7) is 4.82. The topological polar surface area (TPSA) is 73.9 Å². The van der Waals surface area contributed by atoms with E-state index < -0.39 is 0 Å². The minimum Gasteiger partial charge on any atom is -0.458 e. The molecule has 2 fully saturated rings. The van der Waals surface area contributed by atoms with E-state index in [4.69, 9.17) is 14.0 Å². The van der Waals surface area contributed by atoms with Gasteiger partial charge in [0, 0.05) is 36.7 Å². The van der Waals surface area contributed by atoms with Crippen LogP contribution in [-0.4, -0.2) is 49.2 Å². The number of carbonyl (C=O) groups excluding carboxylic acids is 2. The van der Waals surface area contributed by atoms with Crippen molar-refractivity contribution in [1.29, 1.82) is 0 Å². The van der Waals surface area contributed by atoms with Gasteiger partial charge in [0.05, 0.1) is 6.10 Å². The van der Waals surface area contributed by atoms with Crippen LogP contribution in [0.5, 0.6) is 0 Å². The Hall–Kier alpha value is -1.90. The highest BCUT2D eigenvalue weighted by Gasteiger charge is 2.49. The summed E-state index contributed by atoms with van der Waals surface area (Å²) < 4.78 is 19.0. The maximum atomic E-state index is 12.8. The van der Waals surface area contributed by atoms with Crippen LogP contribution in [0.3, 0.4) is 0 Å². The molecule has 1 heterocycles. The van der Waals surface area contributed by atoms with Crippen molar-refractivity contribution in [1.82, 2.24) is 5.32 Å². The number of amides is 1. The summed E-state index contributed by atoms with van der Waals surface area (Å²) in [5.41, 5.74) is 1.25. The van der Waals surface area contributed by atoms with Crippen LogP contribution in [0.4, 0.5) is 0 Å². The van der Waals surface area contributed by atoms with Crippen molar-refractivity contribution >= 4 is 34.9 Å². The Balaban J connectivity index is 1.67. The minimum atomic E-state index is -0.272.